The minimum absolute atomic E-state index is 0.238. The predicted octanol–water partition coefficient (Wildman–Crippen LogP) is 2.09. The Hall–Kier alpha value is -2.08. The number of anilines is 1. The van der Waals surface area contributed by atoms with Crippen LogP contribution in [-0.4, -0.2) is 39.1 Å². The Kier molecular flexibility index (Phi) is 5.12. The monoisotopic (exact) mass is 312 g/mol. The van der Waals surface area contributed by atoms with Gasteiger partial charge < -0.3 is 10.6 Å². The van der Waals surface area contributed by atoms with Crippen molar-refractivity contribution in [3.63, 3.8) is 0 Å². The highest BCUT2D eigenvalue weighted by atomic mass is 15.0. The summed E-state index contributed by atoms with van der Waals surface area (Å²) in [6.07, 6.45) is 8.34. The number of piperidine rings is 1. The first-order chi connectivity index (χ1) is 11.2. The third-order valence-electron chi connectivity index (χ3n) is 4.14. The van der Waals surface area contributed by atoms with Gasteiger partial charge in [-0.1, -0.05) is 0 Å². The van der Waals surface area contributed by atoms with E-state index in [1.165, 1.54) is 0 Å². The first-order valence-electron chi connectivity index (χ1n) is 8.28. The molecular weight excluding hydrogens is 288 g/mol. The zero-order chi connectivity index (χ0) is 16.1. The fraction of sp³-hybridized carbons (Fsp3) is 0.529. The van der Waals surface area contributed by atoms with Crippen molar-refractivity contribution in [3.05, 3.63) is 41.9 Å². The molecule has 1 atom stereocenters. The van der Waals surface area contributed by atoms with Crippen molar-refractivity contribution in [2.24, 2.45) is 0 Å². The van der Waals surface area contributed by atoms with Crippen molar-refractivity contribution >= 4 is 5.82 Å². The zero-order valence-corrected chi connectivity index (χ0v) is 13.8. The summed E-state index contributed by atoms with van der Waals surface area (Å²) in [5.74, 6) is 2.27. The third-order valence-corrected chi connectivity index (χ3v) is 4.14. The van der Waals surface area contributed by atoms with Crippen LogP contribution in [0.2, 0.25) is 0 Å². The standard InChI is InChI=1S/C17H24N6/c1-12(9-15-11-19-7-8-20-15)21-17-10-16(22-13(2)23-17)14-3-5-18-6-4-14/h7-8,10-12,14,18H,3-6,9H2,1-2H3,(H,21,22,23)/t12-/m0/s1. The third kappa shape index (κ3) is 4.45. The van der Waals surface area contributed by atoms with Gasteiger partial charge in [-0.05, 0) is 39.8 Å². The molecule has 6 heteroatoms. The molecule has 2 aromatic heterocycles. The number of aryl methyl sites for hydroxylation is 1. The molecule has 0 amide bonds. The van der Waals surface area contributed by atoms with Crippen LogP contribution in [-0.2, 0) is 6.42 Å². The molecule has 0 aliphatic carbocycles. The largest absolute Gasteiger partial charge is 0.367 e. The molecule has 122 valence electrons. The molecule has 3 heterocycles. The molecule has 0 unspecified atom stereocenters. The Morgan fingerprint density at radius 1 is 1.26 bits per heavy atom. The number of rotatable bonds is 5. The average molecular weight is 312 g/mol. The summed E-state index contributed by atoms with van der Waals surface area (Å²) >= 11 is 0. The highest BCUT2D eigenvalue weighted by Crippen LogP contribution is 2.25. The van der Waals surface area contributed by atoms with Crippen LogP contribution in [0.4, 0.5) is 5.82 Å². The summed E-state index contributed by atoms with van der Waals surface area (Å²) in [7, 11) is 0. The van der Waals surface area contributed by atoms with E-state index >= 15 is 0 Å². The lowest BCUT2D eigenvalue weighted by atomic mass is 9.94. The zero-order valence-electron chi connectivity index (χ0n) is 13.8. The molecule has 1 fully saturated rings. The van der Waals surface area contributed by atoms with E-state index in [2.05, 4.69) is 43.6 Å². The van der Waals surface area contributed by atoms with E-state index in [1.54, 1.807) is 12.4 Å². The van der Waals surface area contributed by atoms with E-state index < -0.39 is 0 Å². The minimum atomic E-state index is 0.238. The molecule has 1 aliphatic rings. The summed E-state index contributed by atoms with van der Waals surface area (Å²) < 4.78 is 0. The van der Waals surface area contributed by atoms with Gasteiger partial charge in [-0.25, -0.2) is 9.97 Å². The number of nitrogens with zero attached hydrogens (tertiary/aromatic N) is 4. The maximum atomic E-state index is 4.65. The van der Waals surface area contributed by atoms with Crippen molar-refractivity contribution in [1.82, 2.24) is 25.3 Å². The van der Waals surface area contributed by atoms with Gasteiger partial charge in [-0.3, -0.25) is 9.97 Å². The molecule has 0 aromatic carbocycles. The molecule has 6 nitrogen and oxygen atoms in total. The smallest absolute Gasteiger partial charge is 0.130 e. The molecule has 2 N–H and O–H groups in total. The highest BCUT2D eigenvalue weighted by molar-refractivity contribution is 5.38. The molecule has 0 radical (unpaired) electrons. The van der Waals surface area contributed by atoms with E-state index in [9.17, 15) is 0 Å². The Morgan fingerprint density at radius 3 is 2.83 bits per heavy atom. The van der Waals surface area contributed by atoms with Crippen LogP contribution in [0.1, 0.15) is 42.9 Å². The summed E-state index contributed by atoms with van der Waals surface area (Å²) in [4.78, 5) is 17.6. The Bertz CT molecular complexity index is 624. The van der Waals surface area contributed by atoms with Crippen molar-refractivity contribution in [1.29, 1.82) is 0 Å². The lowest BCUT2D eigenvalue weighted by Crippen LogP contribution is -2.27. The fourth-order valence-corrected chi connectivity index (χ4v) is 3.04. The van der Waals surface area contributed by atoms with E-state index in [-0.39, 0.29) is 6.04 Å². The van der Waals surface area contributed by atoms with Gasteiger partial charge >= 0.3 is 0 Å². The maximum Gasteiger partial charge on any atom is 0.130 e. The van der Waals surface area contributed by atoms with Crippen molar-refractivity contribution in [3.8, 4) is 0 Å². The molecular formula is C17H24N6. The quantitative estimate of drug-likeness (QED) is 0.880. The molecule has 3 rings (SSSR count). The van der Waals surface area contributed by atoms with Crippen molar-refractivity contribution < 1.29 is 0 Å². The molecule has 0 spiro atoms. The summed E-state index contributed by atoms with van der Waals surface area (Å²) in [5, 5.41) is 6.88. The SMILES string of the molecule is Cc1nc(N[C@@H](C)Cc2cnccn2)cc(C2CCNCC2)n1. The van der Waals surface area contributed by atoms with Crippen LogP contribution >= 0.6 is 0 Å². The topological polar surface area (TPSA) is 75.6 Å². The van der Waals surface area contributed by atoms with Gasteiger partial charge in [0.25, 0.3) is 0 Å². The average Bonchev–Trinajstić information content (AvgIpc) is 2.56. The lowest BCUT2D eigenvalue weighted by molar-refractivity contribution is 0.452. The fourth-order valence-electron chi connectivity index (χ4n) is 3.04. The van der Waals surface area contributed by atoms with Crippen LogP contribution < -0.4 is 10.6 Å². The maximum absolute atomic E-state index is 4.65. The van der Waals surface area contributed by atoms with E-state index in [4.69, 9.17) is 0 Å². The molecule has 1 aliphatic heterocycles. The predicted molar refractivity (Wildman–Crippen MR) is 90.4 cm³/mol. The normalized spacial score (nSPS) is 17.0. The Labute approximate surface area is 137 Å². The van der Waals surface area contributed by atoms with Crippen LogP contribution in [0.15, 0.2) is 24.7 Å². The second kappa shape index (κ2) is 7.46. The van der Waals surface area contributed by atoms with Gasteiger partial charge in [-0.15, -0.1) is 0 Å². The van der Waals surface area contributed by atoms with E-state index in [1.807, 2.05) is 13.1 Å². The van der Waals surface area contributed by atoms with Gasteiger partial charge in [0, 0.05) is 48.7 Å². The lowest BCUT2D eigenvalue weighted by Gasteiger charge is -2.23. The van der Waals surface area contributed by atoms with Gasteiger partial charge in [0.2, 0.25) is 0 Å². The highest BCUT2D eigenvalue weighted by Gasteiger charge is 2.18. The van der Waals surface area contributed by atoms with Gasteiger partial charge in [0.05, 0.1) is 5.69 Å². The Balaban J connectivity index is 1.68. The van der Waals surface area contributed by atoms with Gasteiger partial charge in [0.1, 0.15) is 11.6 Å². The van der Waals surface area contributed by atoms with Crippen molar-refractivity contribution in [2.45, 2.75) is 45.1 Å². The van der Waals surface area contributed by atoms with Gasteiger partial charge in [0.15, 0.2) is 0 Å². The van der Waals surface area contributed by atoms with E-state index in [0.29, 0.717) is 5.92 Å². The molecule has 0 bridgehead atoms. The second-order valence-electron chi connectivity index (χ2n) is 6.20. The summed E-state index contributed by atoms with van der Waals surface area (Å²) in [5.41, 5.74) is 2.14. The van der Waals surface area contributed by atoms with Crippen LogP contribution in [0.25, 0.3) is 0 Å². The van der Waals surface area contributed by atoms with Crippen LogP contribution in [0.3, 0.4) is 0 Å². The Morgan fingerprint density at radius 2 is 2.09 bits per heavy atom. The molecule has 1 saturated heterocycles. The summed E-state index contributed by atoms with van der Waals surface area (Å²) in [6, 6.07) is 2.35. The number of nitrogens with one attached hydrogen (secondary N) is 2. The van der Waals surface area contributed by atoms with Crippen LogP contribution in [0.5, 0.6) is 0 Å². The second-order valence-corrected chi connectivity index (χ2v) is 6.20. The summed E-state index contributed by atoms with van der Waals surface area (Å²) in [6.45, 7) is 6.23. The number of aromatic nitrogens is 4. The van der Waals surface area contributed by atoms with Crippen molar-refractivity contribution in [2.75, 3.05) is 18.4 Å². The van der Waals surface area contributed by atoms with E-state index in [0.717, 1.165) is 55.4 Å². The molecule has 0 saturated carbocycles. The van der Waals surface area contributed by atoms with Gasteiger partial charge in [-0.2, -0.15) is 0 Å². The number of hydrogen-bond donors (Lipinski definition) is 2. The first kappa shape index (κ1) is 15.8. The number of hydrogen-bond acceptors (Lipinski definition) is 6. The first-order valence-corrected chi connectivity index (χ1v) is 8.28. The van der Waals surface area contributed by atoms with Crippen LogP contribution in [0, 0.1) is 6.92 Å². The molecule has 2 aromatic rings. The minimum Gasteiger partial charge on any atom is -0.367 e. The molecule has 23 heavy (non-hydrogen) atoms.